The molecule has 4 saturated carbocycles. The van der Waals surface area contributed by atoms with E-state index in [-0.39, 0.29) is 0 Å². The third-order valence-corrected chi connectivity index (χ3v) is 13.2. The molecule has 6 fully saturated rings. The number of rotatable bonds is 20. The number of unbranched alkanes of at least 4 members (excludes halogenated alkanes) is 6. The zero-order valence-electron chi connectivity index (χ0n) is 31.4. The standard InChI is InChI=1S/C45H66N2O4/c48-32-40-11-9-23-46(40)21-5-1-3-7-25-50-42-17-13-36(14-18-42)44(45-38-28-34-27-35(30-38)31-39(45)29-34)37-15-19-43(20-16-37)51-26-8-4-2-6-22-47-24-10-12-41(47)33-49/h13-20,34-35,38-41,48-49H,1-12,21-33H2/t34?,35?,38?,39?,40-,41-/m0/s1. The Bertz CT molecular complexity index is 1260. The van der Waals surface area contributed by atoms with Gasteiger partial charge in [0.25, 0.3) is 0 Å². The van der Waals surface area contributed by atoms with Crippen molar-refractivity contribution in [1.29, 1.82) is 0 Å². The maximum atomic E-state index is 9.56. The lowest BCUT2D eigenvalue weighted by molar-refractivity contribution is 0.0705. The van der Waals surface area contributed by atoms with E-state index in [1.807, 2.05) is 0 Å². The van der Waals surface area contributed by atoms with Crippen molar-refractivity contribution >= 4 is 5.57 Å². The summed E-state index contributed by atoms with van der Waals surface area (Å²) in [5.74, 6) is 5.32. The molecule has 2 saturated heterocycles. The van der Waals surface area contributed by atoms with E-state index in [0.29, 0.717) is 25.3 Å². The molecule has 4 bridgehead atoms. The Balaban J connectivity index is 0.907. The molecule has 0 spiro atoms. The van der Waals surface area contributed by atoms with Crippen LogP contribution >= 0.6 is 0 Å². The van der Waals surface area contributed by atoms with E-state index in [2.05, 4.69) is 58.3 Å². The van der Waals surface area contributed by atoms with Crippen LogP contribution < -0.4 is 9.47 Å². The van der Waals surface area contributed by atoms with Crippen LogP contribution in [0.15, 0.2) is 54.1 Å². The highest BCUT2D eigenvalue weighted by Crippen LogP contribution is 2.58. The van der Waals surface area contributed by atoms with Crippen LogP contribution in [-0.2, 0) is 0 Å². The molecule has 2 N–H and O–H groups in total. The number of aliphatic hydroxyl groups excluding tert-OH is 2. The Hall–Kier alpha value is -2.38. The Kier molecular flexibility index (Phi) is 13.5. The smallest absolute Gasteiger partial charge is 0.119 e. The van der Waals surface area contributed by atoms with Gasteiger partial charge in [-0.05, 0) is 174 Å². The van der Waals surface area contributed by atoms with Gasteiger partial charge in [-0.3, -0.25) is 9.80 Å². The summed E-state index contributed by atoms with van der Waals surface area (Å²) in [5, 5.41) is 19.1. The van der Waals surface area contributed by atoms with Crippen molar-refractivity contribution in [2.75, 3.05) is 52.6 Å². The van der Waals surface area contributed by atoms with Crippen LogP contribution in [0, 0.1) is 23.7 Å². The van der Waals surface area contributed by atoms with E-state index < -0.39 is 0 Å². The minimum Gasteiger partial charge on any atom is -0.494 e. The summed E-state index contributed by atoms with van der Waals surface area (Å²) in [7, 11) is 0. The van der Waals surface area contributed by atoms with Gasteiger partial charge >= 0.3 is 0 Å². The Morgan fingerprint density at radius 1 is 0.549 bits per heavy atom. The number of nitrogens with zero attached hydrogens (tertiary/aromatic N) is 2. The molecule has 0 unspecified atom stereocenters. The van der Waals surface area contributed by atoms with Gasteiger partial charge in [-0.15, -0.1) is 0 Å². The fourth-order valence-corrected chi connectivity index (χ4v) is 10.7. The van der Waals surface area contributed by atoms with Crippen LogP contribution in [0.2, 0.25) is 0 Å². The fraction of sp³-hybridized carbons (Fsp3) is 0.689. The Morgan fingerprint density at radius 2 is 0.980 bits per heavy atom. The summed E-state index contributed by atoms with van der Waals surface area (Å²) in [6.07, 6.45) is 21.2. The SMILES string of the molecule is OC[C@@H]1CCCN1CCCCCCOc1ccc(C(=C2C3CC4CC(C3)CC2C4)c2ccc(OCCCCCCN3CCC[C@H]3CO)cc2)cc1. The highest BCUT2D eigenvalue weighted by molar-refractivity contribution is 5.83. The molecule has 0 amide bonds. The monoisotopic (exact) mass is 699 g/mol. The largest absolute Gasteiger partial charge is 0.494 e. The van der Waals surface area contributed by atoms with Crippen molar-refractivity contribution in [3.8, 4) is 11.5 Å². The molecule has 2 heterocycles. The lowest BCUT2D eigenvalue weighted by Gasteiger charge is -2.52. The van der Waals surface area contributed by atoms with Gasteiger partial charge in [0.15, 0.2) is 0 Å². The second-order valence-corrected chi connectivity index (χ2v) is 16.7. The first-order chi connectivity index (χ1) is 25.2. The summed E-state index contributed by atoms with van der Waals surface area (Å²) in [6.45, 7) is 6.71. The predicted octanol–water partition coefficient (Wildman–Crippen LogP) is 8.74. The summed E-state index contributed by atoms with van der Waals surface area (Å²) >= 11 is 0. The average Bonchev–Trinajstić information content (AvgIpc) is 3.82. The zero-order valence-corrected chi connectivity index (χ0v) is 31.4. The van der Waals surface area contributed by atoms with Crippen molar-refractivity contribution in [3.63, 3.8) is 0 Å². The second kappa shape index (κ2) is 18.6. The molecule has 2 aromatic carbocycles. The molecule has 2 aromatic rings. The van der Waals surface area contributed by atoms with E-state index in [0.717, 1.165) is 100 Å². The fourth-order valence-electron chi connectivity index (χ4n) is 10.7. The van der Waals surface area contributed by atoms with E-state index in [1.54, 1.807) is 5.57 Å². The number of hydrogen-bond donors (Lipinski definition) is 2. The quantitative estimate of drug-likeness (QED) is 0.135. The molecule has 2 aliphatic heterocycles. The summed E-state index contributed by atoms with van der Waals surface area (Å²) in [6, 6.07) is 18.8. The molecule has 8 rings (SSSR count). The first kappa shape index (κ1) is 37.0. The van der Waals surface area contributed by atoms with Gasteiger partial charge in [0.2, 0.25) is 0 Å². The van der Waals surface area contributed by atoms with Gasteiger partial charge in [-0.25, -0.2) is 0 Å². The van der Waals surface area contributed by atoms with Gasteiger partial charge in [0.05, 0.1) is 26.4 Å². The first-order valence-electron chi connectivity index (χ1n) is 21.1. The van der Waals surface area contributed by atoms with E-state index >= 15 is 0 Å². The van der Waals surface area contributed by atoms with Gasteiger partial charge in [-0.2, -0.15) is 0 Å². The van der Waals surface area contributed by atoms with Gasteiger partial charge in [0, 0.05) is 12.1 Å². The van der Waals surface area contributed by atoms with Crippen molar-refractivity contribution in [3.05, 3.63) is 65.2 Å². The lowest BCUT2D eigenvalue weighted by atomic mass is 9.53. The predicted molar refractivity (Wildman–Crippen MR) is 207 cm³/mol. The van der Waals surface area contributed by atoms with Crippen molar-refractivity contribution < 1.29 is 19.7 Å². The molecule has 51 heavy (non-hydrogen) atoms. The lowest BCUT2D eigenvalue weighted by Crippen LogP contribution is -2.40. The van der Waals surface area contributed by atoms with Gasteiger partial charge in [-0.1, -0.05) is 55.5 Å². The molecule has 0 radical (unpaired) electrons. The minimum absolute atomic E-state index is 0.309. The minimum atomic E-state index is 0.309. The molecule has 2 atom stereocenters. The third-order valence-electron chi connectivity index (χ3n) is 13.2. The van der Waals surface area contributed by atoms with Crippen LogP contribution in [-0.4, -0.2) is 84.7 Å². The first-order valence-corrected chi connectivity index (χ1v) is 21.1. The molecule has 280 valence electrons. The molecular weight excluding hydrogens is 633 g/mol. The number of likely N-dealkylation sites (tertiary alicyclic amines) is 2. The summed E-state index contributed by atoms with van der Waals surface area (Å²) < 4.78 is 12.5. The van der Waals surface area contributed by atoms with Crippen molar-refractivity contribution in [1.82, 2.24) is 9.80 Å². The molecule has 0 aromatic heterocycles. The zero-order chi connectivity index (χ0) is 34.8. The van der Waals surface area contributed by atoms with E-state index in [1.165, 1.54) is 100 Å². The van der Waals surface area contributed by atoms with E-state index in [9.17, 15) is 10.2 Å². The van der Waals surface area contributed by atoms with Crippen LogP contribution in [0.1, 0.15) is 120 Å². The number of benzene rings is 2. The maximum Gasteiger partial charge on any atom is 0.119 e. The average molecular weight is 699 g/mol. The number of ether oxygens (including phenoxy) is 2. The molecule has 4 aliphatic carbocycles. The number of hydrogen-bond acceptors (Lipinski definition) is 6. The van der Waals surface area contributed by atoms with Crippen LogP contribution in [0.4, 0.5) is 0 Å². The normalized spacial score (nSPS) is 27.5. The number of aliphatic hydroxyl groups is 2. The third kappa shape index (κ3) is 9.60. The van der Waals surface area contributed by atoms with Crippen molar-refractivity contribution in [2.45, 2.75) is 121 Å². The summed E-state index contributed by atoms with van der Waals surface area (Å²) in [4.78, 5) is 4.95. The maximum absolute atomic E-state index is 9.56. The number of allylic oxidation sites excluding steroid dienone is 1. The molecule has 6 heteroatoms. The summed E-state index contributed by atoms with van der Waals surface area (Å²) in [5.41, 5.74) is 5.88. The topological polar surface area (TPSA) is 65.4 Å². The van der Waals surface area contributed by atoms with Crippen LogP contribution in [0.25, 0.3) is 5.57 Å². The van der Waals surface area contributed by atoms with Gasteiger partial charge < -0.3 is 19.7 Å². The van der Waals surface area contributed by atoms with Crippen LogP contribution in [0.5, 0.6) is 11.5 Å². The highest BCUT2D eigenvalue weighted by Gasteiger charge is 2.46. The van der Waals surface area contributed by atoms with Gasteiger partial charge in [0.1, 0.15) is 11.5 Å². The second-order valence-electron chi connectivity index (χ2n) is 16.7. The van der Waals surface area contributed by atoms with Crippen molar-refractivity contribution in [2.24, 2.45) is 23.7 Å². The molecule has 6 aliphatic rings. The van der Waals surface area contributed by atoms with Crippen LogP contribution in [0.3, 0.4) is 0 Å². The Morgan fingerprint density at radius 3 is 1.41 bits per heavy atom. The van der Waals surface area contributed by atoms with E-state index in [4.69, 9.17) is 9.47 Å². The Labute approximate surface area is 308 Å². The highest BCUT2D eigenvalue weighted by atomic mass is 16.5. The molecular formula is C45H66N2O4. The molecule has 6 nitrogen and oxygen atoms in total.